The predicted molar refractivity (Wildman–Crippen MR) is 110 cm³/mol. The summed E-state index contributed by atoms with van der Waals surface area (Å²) in [6, 6.07) is 12.0. The van der Waals surface area contributed by atoms with Crippen molar-refractivity contribution >= 4 is 49.1 Å². The number of sulfone groups is 1. The van der Waals surface area contributed by atoms with Crippen LogP contribution >= 0.6 is 27.7 Å². The van der Waals surface area contributed by atoms with Gasteiger partial charge < -0.3 is 5.32 Å². The summed E-state index contributed by atoms with van der Waals surface area (Å²) in [6.07, 6.45) is 1.17. The molecule has 0 atom stereocenters. The van der Waals surface area contributed by atoms with Gasteiger partial charge in [-0.2, -0.15) is 0 Å². The smallest absolute Gasteiger partial charge is 0.255 e. The fraction of sp³-hybridized carbons (Fsp3) is 0.176. The van der Waals surface area contributed by atoms with Gasteiger partial charge in [0.05, 0.1) is 11.4 Å². The summed E-state index contributed by atoms with van der Waals surface area (Å²) >= 11 is 4.74. The van der Waals surface area contributed by atoms with Gasteiger partial charge in [0.25, 0.3) is 5.91 Å². The molecule has 1 N–H and O–H groups in total. The van der Waals surface area contributed by atoms with Crippen molar-refractivity contribution in [2.45, 2.75) is 15.8 Å². The highest BCUT2D eigenvalue weighted by Crippen LogP contribution is 2.34. The number of aromatic nitrogens is 4. The molecule has 1 heterocycles. The van der Waals surface area contributed by atoms with Crippen LogP contribution in [0.25, 0.3) is 0 Å². The molecule has 0 radical (unpaired) electrons. The molecule has 0 aliphatic rings. The van der Waals surface area contributed by atoms with E-state index in [2.05, 4.69) is 36.8 Å². The molecule has 0 saturated heterocycles. The number of halogens is 1. The summed E-state index contributed by atoms with van der Waals surface area (Å²) in [4.78, 5) is 13.4. The number of nitrogens with zero attached hydrogens (tertiary/aromatic N) is 4. The van der Waals surface area contributed by atoms with E-state index in [-0.39, 0.29) is 11.7 Å². The molecule has 1 aromatic heterocycles. The third-order valence-corrected chi connectivity index (χ3v) is 6.07. The lowest BCUT2D eigenvalue weighted by atomic mass is 10.1. The van der Waals surface area contributed by atoms with Crippen molar-refractivity contribution in [3.8, 4) is 0 Å². The first-order chi connectivity index (χ1) is 13.2. The van der Waals surface area contributed by atoms with Crippen LogP contribution in [0.4, 0.5) is 5.69 Å². The van der Waals surface area contributed by atoms with Gasteiger partial charge in [0, 0.05) is 28.2 Å². The number of amides is 1. The molecule has 0 aliphatic heterocycles. The van der Waals surface area contributed by atoms with Crippen LogP contribution in [0.5, 0.6) is 0 Å². The Morgan fingerprint density at radius 1 is 1.21 bits per heavy atom. The lowest BCUT2D eigenvalue weighted by Gasteiger charge is -2.11. The van der Waals surface area contributed by atoms with Crippen molar-refractivity contribution in [3.63, 3.8) is 0 Å². The summed E-state index contributed by atoms with van der Waals surface area (Å²) < 4.78 is 25.1. The second-order valence-electron chi connectivity index (χ2n) is 6.05. The molecule has 3 aromatic rings. The van der Waals surface area contributed by atoms with Crippen LogP contribution in [0.3, 0.4) is 0 Å². The number of hydrogen-bond donors (Lipinski definition) is 1. The first-order valence-electron chi connectivity index (χ1n) is 7.99. The summed E-state index contributed by atoms with van der Waals surface area (Å²) in [5.74, 6) is -0.366. The van der Waals surface area contributed by atoms with Crippen LogP contribution in [0, 0.1) is 0 Å². The largest absolute Gasteiger partial charge is 0.321 e. The highest BCUT2D eigenvalue weighted by Gasteiger charge is 2.14. The number of benzene rings is 2. The molecule has 0 aliphatic carbocycles. The molecule has 2 aromatic carbocycles. The normalized spacial score (nSPS) is 11.4. The molecule has 0 bridgehead atoms. The van der Waals surface area contributed by atoms with E-state index in [0.29, 0.717) is 22.0 Å². The minimum Gasteiger partial charge on any atom is -0.321 e. The first-order valence-corrected chi connectivity index (χ1v) is 11.7. The number of hydrogen-bond acceptors (Lipinski definition) is 7. The molecule has 28 heavy (non-hydrogen) atoms. The average Bonchev–Trinajstić information content (AvgIpc) is 3.01. The van der Waals surface area contributed by atoms with E-state index in [1.807, 2.05) is 12.1 Å². The van der Waals surface area contributed by atoms with Crippen LogP contribution in [-0.4, -0.2) is 40.8 Å². The number of tetrazole rings is 1. The average molecular weight is 482 g/mol. The maximum absolute atomic E-state index is 12.6. The zero-order valence-corrected chi connectivity index (χ0v) is 18.2. The first kappa shape index (κ1) is 20.5. The van der Waals surface area contributed by atoms with Gasteiger partial charge in [-0.25, -0.2) is 13.1 Å². The van der Waals surface area contributed by atoms with Crippen LogP contribution in [0.2, 0.25) is 0 Å². The third kappa shape index (κ3) is 5.40. The SMILES string of the molecule is Cn1nnnc1Sc1ccc(Br)cc1NC(=O)c1ccc(CS(C)(=O)=O)cc1. The molecule has 0 saturated carbocycles. The van der Waals surface area contributed by atoms with E-state index in [9.17, 15) is 13.2 Å². The Hall–Kier alpha value is -2.24. The number of anilines is 1. The fourth-order valence-corrected chi connectivity index (χ4v) is 4.30. The van der Waals surface area contributed by atoms with E-state index in [0.717, 1.165) is 9.37 Å². The monoisotopic (exact) mass is 481 g/mol. The van der Waals surface area contributed by atoms with Crippen LogP contribution in [0.15, 0.2) is 57.0 Å². The van der Waals surface area contributed by atoms with Gasteiger partial charge in [0.2, 0.25) is 5.16 Å². The summed E-state index contributed by atoms with van der Waals surface area (Å²) in [7, 11) is -1.39. The van der Waals surface area contributed by atoms with Gasteiger partial charge in [-0.05, 0) is 58.1 Å². The maximum Gasteiger partial charge on any atom is 0.255 e. The van der Waals surface area contributed by atoms with E-state index in [1.165, 1.54) is 18.0 Å². The van der Waals surface area contributed by atoms with Crippen LogP contribution in [-0.2, 0) is 22.6 Å². The molecule has 11 heteroatoms. The fourth-order valence-electron chi connectivity index (χ4n) is 2.34. The Labute approximate surface area is 174 Å². The standard InChI is InChI=1S/C17H16BrN5O3S2/c1-23-17(20-21-22-23)27-15-8-7-13(18)9-14(15)19-16(24)12-5-3-11(4-6-12)10-28(2,25)26/h3-9H,10H2,1-2H3,(H,19,24). The number of aryl methyl sites for hydroxylation is 1. The zero-order valence-electron chi connectivity index (χ0n) is 15.0. The highest BCUT2D eigenvalue weighted by atomic mass is 79.9. The Morgan fingerprint density at radius 3 is 2.54 bits per heavy atom. The topological polar surface area (TPSA) is 107 Å². The minimum absolute atomic E-state index is 0.0624. The third-order valence-electron chi connectivity index (χ3n) is 3.62. The molecule has 0 spiro atoms. The minimum atomic E-state index is -3.12. The second-order valence-corrected chi connectivity index (χ2v) is 10.1. The molecular formula is C17H16BrN5O3S2. The van der Waals surface area contributed by atoms with Crippen molar-refractivity contribution in [1.82, 2.24) is 20.2 Å². The van der Waals surface area contributed by atoms with Crippen LogP contribution < -0.4 is 5.32 Å². The molecule has 1 amide bonds. The Balaban J connectivity index is 1.80. The van der Waals surface area contributed by atoms with Crippen molar-refractivity contribution in [1.29, 1.82) is 0 Å². The molecule has 146 valence electrons. The van der Waals surface area contributed by atoms with Crippen molar-refractivity contribution in [2.24, 2.45) is 7.05 Å². The van der Waals surface area contributed by atoms with Gasteiger partial charge in [-0.3, -0.25) is 4.79 Å². The lowest BCUT2D eigenvalue weighted by molar-refractivity contribution is 0.102. The summed E-state index contributed by atoms with van der Waals surface area (Å²) in [5, 5.41) is 14.8. The molecule has 0 unspecified atom stereocenters. The molecule has 8 nitrogen and oxygen atoms in total. The summed E-state index contributed by atoms with van der Waals surface area (Å²) in [5.41, 5.74) is 1.66. The van der Waals surface area contributed by atoms with Gasteiger partial charge >= 0.3 is 0 Å². The Kier molecular flexibility index (Phi) is 6.16. The second kappa shape index (κ2) is 8.41. The Bertz CT molecular complexity index is 1110. The predicted octanol–water partition coefficient (Wildman–Crippen LogP) is 2.92. The van der Waals surface area contributed by atoms with E-state index < -0.39 is 9.84 Å². The highest BCUT2D eigenvalue weighted by molar-refractivity contribution is 9.10. The Morgan fingerprint density at radius 2 is 1.93 bits per heavy atom. The number of carbonyl (C=O) groups is 1. The molecule has 0 fully saturated rings. The van der Waals surface area contributed by atoms with Crippen molar-refractivity contribution < 1.29 is 13.2 Å². The molecular weight excluding hydrogens is 466 g/mol. The summed E-state index contributed by atoms with van der Waals surface area (Å²) in [6.45, 7) is 0. The van der Waals surface area contributed by atoms with Crippen LogP contribution in [0.1, 0.15) is 15.9 Å². The number of nitrogens with one attached hydrogen (secondary N) is 1. The van der Waals surface area contributed by atoms with Gasteiger partial charge in [0.1, 0.15) is 0 Å². The van der Waals surface area contributed by atoms with Gasteiger partial charge in [-0.15, -0.1) is 5.10 Å². The van der Waals surface area contributed by atoms with Crippen molar-refractivity contribution in [2.75, 3.05) is 11.6 Å². The molecule has 3 rings (SSSR count). The number of rotatable bonds is 6. The van der Waals surface area contributed by atoms with E-state index >= 15 is 0 Å². The maximum atomic E-state index is 12.6. The van der Waals surface area contributed by atoms with Crippen molar-refractivity contribution in [3.05, 3.63) is 58.1 Å². The zero-order chi connectivity index (χ0) is 20.3. The van der Waals surface area contributed by atoms with E-state index in [4.69, 9.17) is 0 Å². The quantitative estimate of drug-likeness (QED) is 0.576. The lowest BCUT2D eigenvalue weighted by Crippen LogP contribution is -2.13. The van der Waals surface area contributed by atoms with Gasteiger partial charge in [0.15, 0.2) is 9.84 Å². The van der Waals surface area contributed by atoms with Gasteiger partial charge in [-0.1, -0.05) is 28.1 Å². The van der Waals surface area contributed by atoms with E-state index in [1.54, 1.807) is 42.1 Å². The number of carbonyl (C=O) groups excluding carboxylic acids is 1.